The van der Waals surface area contributed by atoms with Gasteiger partial charge < -0.3 is 9.47 Å². The van der Waals surface area contributed by atoms with Crippen LogP contribution in [0.5, 0.6) is 11.5 Å². The average Bonchev–Trinajstić information content (AvgIpc) is 2.92. The van der Waals surface area contributed by atoms with Crippen LogP contribution in [0, 0.1) is 0 Å². The van der Waals surface area contributed by atoms with E-state index in [-0.39, 0.29) is 24.4 Å². The van der Waals surface area contributed by atoms with Gasteiger partial charge in [0.05, 0.1) is 18.5 Å². The molecule has 0 unspecified atom stereocenters. The quantitative estimate of drug-likeness (QED) is 0.352. The van der Waals surface area contributed by atoms with Gasteiger partial charge in [-0.05, 0) is 42.3 Å². The Morgan fingerprint density at radius 2 is 1.47 bits per heavy atom. The van der Waals surface area contributed by atoms with E-state index in [1.807, 2.05) is 37.3 Å². The highest BCUT2D eigenvalue weighted by Gasteiger charge is 2.17. The molecule has 0 fully saturated rings. The highest BCUT2D eigenvalue weighted by Crippen LogP contribution is 2.18. The monoisotopic (exact) mass is 486 g/mol. The molecule has 0 atom stereocenters. The number of hydrazine groups is 1. The molecule has 0 saturated carbocycles. The van der Waals surface area contributed by atoms with Crippen molar-refractivity contribution in [1.29, 1.82) is 0 Å². The number of nitrogens with one attached hydrogen (secondary N) is 2. The minimum absolute atomic E-state index is 0.0185. The SMILES string of the molecule is CCCOc1ccc(OCC(=O)NNC(=O)c2nn(Cc3ccccc3)c(=O)c3ccccc23)cc1. The van der Waals surface area contributed by atoms with Crippen molar-refractivity contribution in [3.05, 3.63) is 100 Å². The first kappa shape index (κ1) is 24.5. The molecule has 4 aromatic rings. The summed E-state index contributed by atoms with van der Waals surface area (Å²) < 4.78 is 12.2. The number of nitrogens with zero attached hydrogens (tertiary/aromatic N) is 2. The first-order chi connectivity index (χ1) is 17.5. The third-order valence-corrected chi connectivity index (χ3v) is 5.24. The van der Waals surface area contributed by atoms with Crippen LogP contribution in [0.4, 0.5) is 0 Å². The zero-order valence-electron chi connectivity index (χ0n) is 19.8. The maximum absolute atomic E-state index is 12.9. The Kier molecular flexibility index (Phi) is 7.92. The van der Waals surface area contributed by atoms with Crippen molar-refractivity contribution in [2.75, 3.05) is 13.2 Å². The summed E-state index contributed by atoms with van der Waals surface area (Å²) in [7, 11) is 0. The van der Waals surface area contributed by atoms with Crippen LogP contribution in [-0.4, -0.2) is 34.8 Å². The Balaban J connectivity index is 1.42. The average molecular weight is 487 g/mol. The van der Waals surface area contributed by atoms with Crippen LogP contribution in [0.1, 0.15) is 29.4 Å². The number of hydrogen-bond acceptors (Lipinski definition) is 6. The number of fused-ring (bicyclic) bond motifs is 1. The van der Waals surface area contributed by atoms with Crippen molar-refractivity contribution in [3.8, 4) is 11.5 Å². The lowest BCUT2D eigenvalue weighted by Crippen LogP contribution is -2.44. The number of hydrogen-bond donors (Lipinski definition) is 2. The molecule has 3 aromatic carbocycles. The van der Waals surface area contributed by atoms with Gasteiger partial charge in [-0.15, -0.1) is 0 Å². The van der Waals surface area contributed by atoms with E-state index in [4.69, 9.17) is 9.47 Å². The Hall–Kier alpha value is -4.66. The van der Waals surface area contributed by atoms with Gasteiger partial charge in [0.25, 0.3) is 17.4 Å². The summed E-state index contributed by atoms with van der Waals surface area (Å²) >= 11 is 0. The summed E-state index contributed by atoms with van der Waals surface area (Å²) in [5.74, 6) is -0.00873. The normalized spacial score (nSPS) is 10.6. The number of carbonyl (C=O) groups is 2. The van der Waals surface area contributed by atoms with E-state index in [0.717, 1.165) is 12.0 Å². The van der Waals surface area contributed by atoms with Crippen molar-refractivity contribution >= 4 is 22.6 Å². The van der Waals surface area contributed by atoms with E-state index in [2.05, 4.69) is 16.0 Å². The van der Waals surface area contributed by atoms with Gasteiger partial charge in [-0.25, -0.2) is 4.68 Å². The molecule has 0 aliphatic carbocycles. The van der Waals surface area contributed by atoms with Gasteiger partial charge in [0, 0.05) is 5.39 Å². The van der Waals surface area contributed by atoms with E-state index in [1.54, 1.807) is 48.5 Å². The van der Waals surface area contributed by atoms with Gasteiger partial charge in [-0.2, -0.15) is 5.10 Å². The lowest BCUT2D eigenvalue weighted by molar-refractivity contribution is -0.123. The summed E-state index contributed by atoms with van der Waals surface area (Å²) in [4.78, 5) is 38.1. The molecule has 184 valence electrons. The predicted molar refractivity (Wildman–Crippen MR) is 135 cm³/mol. The first-order valence-corrected chi connectivity index (χ1v) is 11.5. The number of amides is 2. The van der Waals surface area contributed by atoms with Gasteiger partial charge >= 0.3 is 0 Å². The first-order valence-electron chi connectivity index (χ1n) is 11.5. The van der Waals surface area contributed by atoms with Crippen molar-refractivity contribution in [1.82, 2.24) is 20.6 Å². The van der Waals surface area contributed by atoms with E-state index in [0.29, 0.717) is 28.9 Å². The van der Waals surface area contributed by atoms with Gasteiger partial charge in [-0.1, -0.05) is 55.5 Å². The largest absolute Gasteiger partial charge is 0.494 e. The highest BCUT2D eigenvalue weighted by atomic mass is 16.5. The standard InChI is InChI=1S/C27H26N4O5/c1-2-16-35-20-12-14-21(15-13-20)36-18-24(32)28-29-26(33)25-22-10-6-7-11-23(22)27(34)31(30-25)17-19-8-4-3-5-9-19/h3-15H,2,16-18H2,1H3,(H,28,32)(H,29,33). The molecule has 1 aromatic heterocycles. The lowest BCUT2D eigenvalue weighted by atomic mass is 10.1. The lowest BCUT2D eigenvalue weighted by Gasteiger charge is -2.12. The molecule has 0 spiro atoms. The van der Waals surface area contributed by atoms with Crippen LogP contribution < -0.4 is 25.9 Å². The minimum Gasteiger partial charge on any atom is -0.494 e. The summed E-state index contributed by atoms with van der Waals surface area (Å²) in [5, 5.41) is 5.04. The fraction of sp³-hybridized carbons (Fsp3) is 0.185. The van der Waals surface area contributed by atoms with Crippen molar-refractivity contribution < 1.29 is 19.1 Å². The summed E-state index contributed by atoms with van der Waals surface area (Å²) in [6.45, 7) is 2.54. The maximum Gasteiger partial charge on any atom is 0.290 e. The number of benzene rings is 3. The number of rotatable bonds is 9. The van der Waals surface area contributed by atoms with E-state index < -0.39 is 11.8 Å². The molecule has 0 bridgehead atoms. The zero-order valence-corrected chi connectivity index (χ0v) is 19.8. The topological polar surface area (TPSA) is 112 Å². The molecule has 2 N–H and O–H groups in total. The van der Waals surface area contributed by atoms with Gasteiger partial charge in [0.15, 0.2) is 12.3 Å². The number of ether oxygens (including phenoxy) is 2. The molecular weight excluding hydrogens is 460 g/mol. The summed E-state index contributed by atoms with van der Waals surface area (Å²) in [5.41, 5.74) is 5.25. The molecule has 2 amide bonds. The summed E-state index contributed by atoms with van der Waals surface area (Å²) in [6.07, 6.45) is 0.906. The van der Waals surface area contributed by atoms with Gasteiger partial charge in [0.1, 0.15) is 11.5 Å². The van der Waals surface area contributed by atoms with Crippen molar-refractivity contribution in [2.45, 2.75) is 19.9 Å². The minimum atomic E-state index is -0.654. The molecule has 9 nitrogen and oxygen atoms in total. The van der Waals surface area contributed by atoms with Crippen LogP contribution >= 0.6 is 0 Å². The van der Waals surface area contributed by atoms with Crippen molar-refractivity contribution in [2.24, 2.45) is 0 Å². The second-order valence-corrected chi connectivity index (χ2v) is 7.95. The third kappa shape index (κ3) is 6.06. The Bertz CT molecular complexity index is 1400. The third-order valence-electron chi connectivity index (χ3n) is 5.24. The molecule has 36 heavy (non-hydrogen) atoms. The van der Waals surface area contributed by atoms with Gasteiger partial charge in [-0.3, -0.25) is 25.2 Å². The van der Waals surface area contributed by atoms with Crippen LogP contribution in [0.3, 0.4) is 0 Å². The molecule has 1 heterocycles. The molecule has 9 heteroatoms. The Morgan fingerprint density at radius 3 is 2.17 bits per heavy atom. The fourth-order valence-corrected chi connectivity index (χ4v) is 3.49. The smallest absolute Gasteiger partial charge is 0.290 e. The molecule has 0 aliphatic rings. The van der Waals surface area contributed by atoms with E-state index in [1.165, 1.54) is 4.68 Å². The molecule has 0 aliphatic heterocycles. The molecule has 4 rings (SSSR count). The maximum atomic E-state index is 12.9. The highest BCUT2D eigenvalue weighted by molar-refractivity contribution is 6.05. The zero-order chi connectivity index (χ0) is 25.3. The molecule has 0 radical (unpaired) electrons. The number of carbonyl (C=O) groups excluding carboxylic acids is 2. The van der Waals surface area contributed by atoms with Crippen molar-refractivity contribution in [3.63, 3.8) is 0 Å². The number of aromatic nitrogens is 2. The van der Waals surface area contributed by atoms with E-state index in [9.17, 15) is 14.4 Å². The second-order valence-electron chi connectivity index (χ2n) is 7.95. The Morgan fingerprint density at radius 1 is 0.833 bits per heavy atom. The second kappa shape index (κ2) is 11.7. The van der Waals surface area contributed by atoms with Crippen LogP contribution in [0.15, 0.2) is 83.7 Å². The van der Waals surface area contributed by atoms with Crippen LogP contribution in [0.25, 0.3) is 10.8 Å². The van der Waals surface area contributed by atoms with E-state index >= 15 is 0 Å². The molecule has 0 saturated heterocycles. The summed E-state index contributed by atoms with van der Waals surface area (Å²) in [6, 6.07) is 23.0. The van der Waals surface area contributed by atoms with Gasteiger partial charge in [0.2, 0.25) is 0 Å². The van der Waals surface area contributed by atoms with Crippen LogP contribution in [-0.2, 0) is 11.3 Å². The predicted octanol–water partition coefficient (Wildman–Crippen LogP) is 3.07. The van der Waals surface area contributed by atoms with Crippen LogP contribution in [0.2, 0.25) is 0 Å². The molecular formula is C27H26N4O5. The fourth-order valence-electron chi connectivity index (χ4n) is 3.49. The Labute approximate surface area is 207 Å².